The van der Waals surface area contributed by atoms with Crippen LogP contribution in [-0.4, -0.2) is 23.5 Å². The summed E-state index contributed by atoms with van der Waals surface area (Å²) in [5.74, 6) is -3.44. The van der Waals surface area contributed by atoms with Gasteiger partial charge < -0.3 is 4.74 Å². The number of rotatable bonds is 4. The largest absolute Gasteiger partial charge is 0.465 e. The number of halogens is 3. The van der Waals surface area contributed by atoms with E-state index in [1.54, 1.807) is 25.1 Å². The highest BCUT2D eigenvalue weighted by Gasteiger charge is 2.51. The van der Waals surface area contributed by atoms with Crippen molar-refractivity contribution in [1.82, 2.24) is 4.98 Å². The first-order valence-corrected chi connectivity index (χ1v) is 9.09. The predicted molar refractivity (Wildman–Crippen MR) is 96.6 cm³/mol. The minimum atomic E-state index is -2.84. The zero-order valence-electron chi connectivity index (χ0n) is 14.1. The molecule has 0 N–H and O–H groups in total. The van der Waals surface area contributed by atoms with Crippen molar-refractivity contribution in [1.29, 1.82) is 0 Å². The van der Waals surface area contributed by atoms with E-state index in [4.69, 9.17) is 4.74 Å². The fourth-order valence-corrected chi connectivity index (χ4v) is 3.96. The Morgan fingerprint density at radius 3 is 2.62 bits per heavy atom. The molecule has 2 aromatic rings. The number of fused-ring (bicyclic) bond motifs is 1. The van der Waals surface area contributed by atoms with E-state index in [0.717, 1.165) is 4.47 Å². The molecule has 0 radical (unpaired) electrons. The second-order valence-electron chi connectivity index (χ2n) is 6.43. The molecule has 0 spiro atoms. The van der Waals surface area contributed by atoms with Crippen LogP contribution in [0.2, 0.25) is 0 Å². The molecule has 26 heavy (non-hydrogen) atoms. The third-order valence-electron chi connectivity index (χ3n) is 4.89. The molecule has 1 aliphatic carbocycles. The van der Waals surface area contributed by atoms with E-state index < -0.39 is 30.1 Å². The molecule has 0 saturated heterocycles. The Balaban J connectivity index is 2.29. The number of ether oxygens (including phenoxy) is 1. The lowest BCUT2D eigenvalue weighted by atomic mass is 9.67. The number of nitroso groups, excluding NO2 is 1. The third-order valence-corrected chi connectivity index (χ3v) is 5.38. The molecule has 0 amide bonds. The van der Waals surface area contributed by atoms with Crippen LogP contribution in [-0.2, 0) is 14.9 Å². The minimum Gasteiger partial charge on any atom is -0.465 e. The molecule has 3 rings (SSSR count). The van der Waals surface area contributed by atoms with Gasteiger partial charge in [0.1, 0.15) is 5.69 Å². The summed E-state index contributed by atoms with van der Waals surface area (Å²) >= 11 is 3.37. The zero-order valence-corrected chi connectivity index (χ0v) is 15.7. The average Bonchev–Trinajstić information content (AvgIpc) is 2.61. The van der Waals surface area contributed by atoms with Gasteiger partial charge in [-0.2, -0.15) is 0 Å². The van der Waals surface area contributed by atoms with Crippen LogP contribution in [0.25, 0.3) is 10.9 Å². The number of pyridine rings is 1. The topological polar surface area (TPSA) is 68.6 Å². The molecule has 1 aliphatic rings. The third kappa shape index (κ3) is 3.22. The number of hydrogen-bond acceptors (Lipinski definition) is 5. The van der Waals surface area contributed by atoms with E-state index in [1.807, 2.05) is 0 Å². The fraction of sp³-hybridized carbons (Fsp3) is 0.444. The molecule has 5 nitrogen and oxygen atoms in total. The summed E-state index contributed by atoms with van der Waals surface area (Å²) in [5, 5.41) is 3.56. The number of hydrogen-bond donors (Lipinski definition) is 0. The molecule has 0 bridgehead atoms. The van der Waals surface area contributed by atoms with Crippen LogP contribution in [0.15, 0.2) is 34.0 Å². The van der Waals surface area contributed by atoms with Crippen LogP contribution in [0, 0.1) is 4.91 Å². The molecule has 1 aromatic heterocycles. The Morgan fingerprint density at radius 1 is 1.31 bits per heavy atom. The van der Waals surface area contributed by atoms with Gasteiger partial charge >= 0.3 is 5.97 Å². The quantitative estimate of drug-likeness (QED) is 0.484. The maximum Gasteiger partial charge on any atom is 0.316 e. The summed E-state index contributed by atoms with van der Waals surface area (Å²) in [6, 6.07) is 5.23. The molecule has 8 heteroatoms. The van der Waals surface area contributed by atoms with Gasteiger partial charge in [-0.25, -0.2) is 8.78 Å². The fourth-order valence-electron chi connectivity index (χ4n) is 3.59. The van der Waals surface area contributed by atoms with Gasteiger partial charge in [0.25, 0.3) is 0 Å². The standard InChI is InChI=1S/C18H17BrF2N2O3/c1-2-26-16(24)17(5-7-18(20,21)8-6-17)15-12-9-11(19)3-4-13(12)22-10-14(15)23-25/h3-4,9-10H,2,5-8H2,1H3. The second-order valence-corrected chi connectivity index (χ2v) is 7.35. The number of esters is 1. The Hall–Kier alpha value is -1.96. The zero-order chi connectivity index (χ0) is 18.9. The van der Waals surface area contributed by atoms with E-state index in [-0.39, 0.29) is 25.1 Å². The van der Waals surface area contributed by atoms with Crippen molar-refractivity contribution in [3.05, 3.63) is 39.3 Å². The van der Waals surface area contributed by atoms with Crippen molar-refractivity contribution in [2.75, 3.05) is 6.61 Å². The molecule has 138 valence electrons. The molecule has 1 aromatic carbocycles. The molecular weight excluding hydrogens is 410 g/mol. The van der Waals surface area contributed by atoms with Crippen LogP contribution in [0.3, 0.4) is 0 Å². The average molecular weight is 427 g/mol. The van der Waals surface area contributed by atoms with Gasteiger partial charge in [-0.3, -0.25) is 9.78 Å². The Bertz CT molecular complexity index is 863. The van der Waals surface area contributed by atoms with Gasteiger partial charge in [0, 0.05) is 28.3 Å². The predicted octanol–water partition coefficient (Wildman–Crippen LogP) is 5.41. The molecule has 0 atom stereocenters. The van der Waals surface area contributed by atoms with Crippen LogP contribution >= 0.6 is 15.9 Å². The van der Waals surface area contributed by atoms with Crippen molar-refractivity contribution >= 4 is 38.5 Å². The van der Waals surface area contributed by atoms with Gasteiger partial charge in [0.2, 0.25) is 5.92 Å². The van der Waals surface area contributed by atoms with E-state index in [0.29, 0.717) is 16.5 Å². The van der Waals surface area contributed by atoms with Crippen LogP contribution < -0.4 is 0 Å². The summed E-state index contributed by atoms with van der Waals surface area (Å²) in [4.78, 5) is 28.5. The summed E-state index contributed by atoms with van der Waals surface area (Å²) in [6.45, 7) is 1.77. The monoisotopic (exact) mass is 426 g/mol. The van der Waals surface area contributed by atoms with Crippen LogP contribution in [0.5, 0.6) is 0 Å². The molecule has 0 aliphatic heterocycles. The van der Waals surface area contributed by atoms with Crippen LogP contribution in [0.1, 0.15) is 38.2 Å². The van der Waals surface area contributed by atoms with E-state index >= 15 is 0 Å². The molecule has 1 fully saturated rings. The number of aromatic nitrogens is 1. The molecule has 1 heterocycles. The Kier molecular flexibility index (Phi) is 5.05. The van der Waals surface area contributed by atoms with Gasteiger partial charge in [-0.1, -0.05) is 15.9 Å². The normalized spacial score (nSPS) is 18.5. The number of carbonyl (C=O) groups excluding carboxylic acids is 1. The first-order valence-electron chi connectivity index (χ1n) is 8.30. The van der Waals surface area contributed by atoms with E-state index in [2.05, 4.69) is 26.1 Å². The number of alkyl halides is 2. The molecule has 0 unspecified atom stereocenters. The lowest BCUT2D eigenvalue weighted by Gasteiger charge is -2.39. The van der Waals surface area contributed by atoms with Gasteiger partial charge in [-0.15, -0.1) is 4.91 Å². The first kappa shape index (κ1) is 18.8. The summed E-state index contributed by atoms with van der Waals surface area (Å²) in [7, 11) is 0. The summed E-state index contributed by atoms with van der Waals surface area (Å²) in [6.07, 6.45) is 0.135. The Labute approximate surface area is 157 Å². The number of nitrogens with zero attached hydrogens (tertiary/aromatic N) is 2. The van der Waals surface area contributed by atoms with Crippen LogP contribution in [0.4, 0.5) is 14.5 Å². The van der Waals surface area contributed by atoms with Crippen molar-refractivity contribution in [3.63, 3.8) is 0 Å². The molecule has 1 saturated carbocycles. The van der Waals surface area contributed by atoms with Crippen molar-refractivity contribution in [3.8, 4) is 0 Å². The van der Waals surface area contributed by atoms with E-state index in [9.17, 15) is 18.5 Å². The van der Waals surface area contributed by atoms with Gasteiger partial charge in [-0.05, 0) is 43.1 Å². The SMILES string of the molecule is CCOC(=O)C1(c2c(N=O)cnc3ccc(Br)cc23)CCC(F)(F)CC1. The van der Waals surface area contributed by atoms with Gasteiger partial charge in [0.15, 0.2) is 0 Å². The first-order chi connectivity index (χ1) is 12.3. The van der Waals surface area contributed by atoms with Gasteiger partial charge in [0.05, 0.1) is 23.7 Å². The lowest BCUT2D eigenvalue weighted by molar-refractivity contribution is -0.155. The maximum atomic E-state index is 13.8. The minimum absolute atomic E-state index is 0.0196. The molecular formula is C18H17BrF2N2O3. The highest BCUT2D eigenvalue weighted by Crippen LogP contribution is 2.50. The van der Waals surface area contributed by atoms with E-state index in [1.165, 1.54) is 6.20 Å². The summed E-state index contributed by atoms with van der Waals surface area (Å²) < 4.78 is 33.6. The van der Waals surface area contributed by atoms with Crippen molar-refractivity contribution in [2.45, 2.75) is 43.9 Å². The highest BCUT2D eigenvalue weighted by molar-refractivity contribution is 9.10. The lowest BCUT2D eigenvalue weighted by Crippen LogP contribution is -2.44. The maximum absolute atomic E-state index is 13.8. The van der Waals surface area contributed by atoms with Crippen molar-refractivity contribution < 1.29 is 18.3 Å². The number of carbonyl (C=O) groups is 1. The smallest absolute Gasteiger partial charge is 0.316 e. The highest BCUT2D eigenvalue weighted by atomic mass is 79.9. The Morgan fingerprint density at radius 2 is 2.00 bits per heavy atom. The number of benzene rings is 1. The summed E-state index contributed by atoms with van der Waals surface area (Å²) in [5.41, 5.74) is -0.485. The second kappa shape index (κ2) is 6.98. The van der Waals surface area contributed by atoms with Crippen molar-refractivity contribution in [2.24, 2.45) is 5.18 Å².